The van der Waals surface area contributed by atoms with Gasteiger partial charge in [-0.1, -0.05) is 24.3 Å². The minimum absolute atomic E-state index is 0.370. The summed E-state index contributed by atoms with van der Waals surface area (Å²) in [5.74, 6) is 0. The van der Waals surface area contributed by atoms with Crippen molar-refractivity contribution in [2.45, 2.75) is 9.79 Å². The van der Waals surface area contributed by atoms with E-state index in [9.17, 15) is 16.8 Å². The third kappa shape index (κ3) is 5.41. The van der Waals surface area contributed by atoms with Crippen molar-refractivity contribution in [1.82, 2.24) is 29.2 Å². The Kier molecular flexibility index (Phi) is 7.98. The molecular weight excluding hydrogens is 524 g/mol. The lowest BCUT2D eigenvalue weighted by molar-refractivity contribution is 0.360. The van der Waals surface area contributed by atoms with Crippen molar-refractivity contribution < 1.29 is 16.8 Å². The van der Waals surface area contributed by atoms with Crippen molar-refractivity contribution in [1.29, 1.82) is 0 Å². The van der Waals surface area contributed by atoms with E-state index < -0.39 is 20.0 Å². The number of nitrogens with zero attached hydrogens (tertiary/aromatic N) is 4. The summed E-state index contributed by atoms with van der Waals surface area (Å²) in [5.41, 5.74) is 0. The molecule has 2 saturated heterocycles. The van der Waals surface area contributed by atoms with Crippen LogP contribution in [0.2, 0.25) is 0 Å². The van der Waals surface area contributed by atoms with Gasteiger partial charge in [0, 0.05) is 98.7 Å². The minimum atomic E-state index is -3.42. The van der Waals surface area contributed by atoms with E-state index in [1.807, 2.05) is 12.1 Å². The molecule has 10 nitrogen and oxygen atoms in total. The molecule has 0 aliphatic carbocycles. The van der Waals surface area contributed by atoms with Gasteiger partial charge in [-0.3, -0.25) is 9.97 Å². The highest BCUT2D eigenvalue weighted by atomic mass is 32.2. The van der Waals surface area contributed by atoms with Crippen LogP contribution in [0.25, 0.3) is 21.5 Å². The molecule has 0 radical (unpaired) electrons. The average Bonchev–Trinajstić information content (AvgIpc) is 2.98. The van der Waals surface area contributed by atoms with Gasteiger partial charge in [0.05, 0.1) is 9.79 Å². The second-order valence-corrected chi connectivity index (χ2v) is 12.8. The lowest BCUT2D eigenvalue weighted by atomic mass is 10.2. The molecule has 2 aliphatic rings. The van der Waals surface area contributed by atoms with Crippen LogP contribution in [0.4, 0.5) is 0 Å². The summed E-state index contributed by atoms with van der Waals surface area (Å²) < 4.78 is 53.8. The van der Waals surface area contributed by atoms with Crippen LogP contribution in [0.1, 0.15) is 0 Å². The van der Waals surface area contributed by atoms with Crippen LogP contribution in [0, 0.1) is 0 Å². The number of piperazine rings is 2. The van der Waals surface area contributed by atoms with Gasteiger partial charge in [-0.2, -0.15) is 8.61 Å². The van der Waals surface area contributed by atoms with Crippen LogP contribution < -0.4 is 10.6 Å². The van der Waals surface area contributed by atoms with E-state index >= 15 is 0 Å². The lowest BCUT2D eigenvalue weighted by Crippen LogP contribution is -2.46. The highest BCUT2D eigenvalue weighted by molar-refractivity contribution is 7.89. The van der Waals surface area contributed by atoms with Gasteiger partial charge in [0.25, 0.3) is 0 Å². The fraction of sp³-hybridized carbons (Fsp3) is 0.308. The summed E-state index contributed by atoms with van der Waals surface area (Å²) in [6.45, 7) is 4.87. The Morgan fingerprint density at radius 1 is 0.579 bits per heavy atom. The van der Waals surface area contributed by atoms with Gasteiger partial charge in [0.2, 0.25) is 20.0 Å². The Morgan fingerprint density at radius 3 is 1.37 bits per heavy atom. The molecule has 12 heteroatoms. The van der Waals surface area contributed by atoms with Gasteiger partial charge in [-0.25, -0.2) is 16.8 Å². The predicted molar refractivity (Wildman–Crippen MR) is 147 cm³/mol. The number of hydrogen-bond donors (Lipinski definition) is 2. The Bertz CT molecular complexity index is 1500. The van der Waals surface area contributed by atoms with E-state index in [0.29, 0.717) is 62.1 Å². The largest absolute Gasteiger partial charge is 0.314 e. The Labute approximate surface area is 222 Å². The number of sulfonamides is 2. The second-order valence-electron chi connectivity index (χ2n) is 9.01. The van der Waals surface area contributed by atoms with Crippen LogP contribution in [0.15, 0.2) is 83.1 Å². The molecule has 2 aromatic heterocycles. The van der Waals surface area contributed by atoms with Crippen molar-refractivity contribution in [3.05, 3.63) is 73.3 Å². The zero-order chi connectivity index (χ0) is 26.6. The monoisotopic (exact) mass is 554 g/mol. The molecule has 38 heavy (non-hydrogen) atoms. The zero-order valence-corrected chi connectivity index (χ0v) is 22.5. The van der Waals surface area contributed by atoms with Gasteiger partial charge in [-0.15, -0.1) is 0 Å². The maximum absolute atomic E-state index is 12.7. The van der Waals surface area contributed by atoms with E-state index in [1.165, 1.54) is 0 Å². The lowest BCUT2D eigenvalue weighted by Gasteiger charge is -2.27. The summed E-state index contributed by atoms with van der Waals surface area (Å²) in [7, 11) is -6.85. The summed E-state index contributed by atoms with van der Waals surface area (Å²) in [5, 5.41) is 9.48. The molecule has 4 aromatic rings. The molecule has 0 bridgehead atoms. The number of nitrogens with one attached hydrogen (secondary N) is 2. The summed E-state index contributed by atoms with van der Waals surface area (Å²) >= 11 is 0. The zero-order valence-electron chi connectivity index (χ0n) is 20.8. The molecule has 0 atom stereocenters. The standard InChI is InChI=1S/2C13H15N3O2S/c2*17-19(18,16-8-6-14-7-9-16)13-3-1-2-11-10-15-5-4-12(11)13/h2*1-5,10,14H,6-9H2. The highest BCUT2D eigenvalue weighted by Gasteiger charge is 2.28. The first-order valence-corrected chi connectivity index (χ1v) is 15.3. The quantitative estimate of drug-likeness (QED) is 0.390. The minimum Gasteiger partial charge on any atom is -0.314 e. The number of aromatic nitrogens is 2. The molecule has 0 unspecified atom stereocenters. The normalized spacial score (nSPS) is 17.7. The van der Waals surface area contributed by atoms with E-state index in [4.69, 9.17) is 0 Å². The molecule has 2 fully saturated rings. The van der Waals surface area contributed by atoms with Crippen molar-refractivity contribution in [2.75, 3.05) is 52.4 Å². The number of fused-ring (bicyclic) bond motifs is 2. The van der Waals surface area contributed by atoms with Crippen LogP contribution in [0.5, 0.6) is 0 Å². The summed E-state index contributed by atoms with van der Waals surface area (Å²) in [6, 6.07) is 14.1. The predicted octanol–water partition coefficient (Wildman–Crippen LogP) is 1.66. The molecule has 6 rings (SSSR count). The molecule has 4 heterocycles. The Balaban J connectivity index is 0.000000155. The second kappa shape index (κ2) is 11.4. The van der Waals surface area contributed by atoms with Gasteiger partial charge >= 0.3 is 0 Å². The number of pyridine rings is 2. The molecular formula is C26H30N6O4S2. The topological polar surface area (TPSA) is 125 Å². The third-order valence-corrected chi connectivity index (χ3v) is 10.6. The third-order valence-electron chi connectivity index (χ3n) is 6.67. The van der Waals surface area contributed by atoms with Crippen molar-refractivity contribution in [3.63, 3.8) is 0 Å². The Morgan fingerprint density at radius 2 is 0.974 bits per heavy atom. The molecule has 2 aromatic carbocycles. The Hall–Kier alpha value is -3.00. The maximum atomic E-state index is 12.7. The average molecular weight is 555 g/mol. The molecule has 2 N–H and O–H groups in total. The first kappa shape index (κ1) is 26.6. The van der Waals surface area contributed by atoms with Crippen LogP contribution >= 0.6 is 0 Å². The first-order chi connectivity index (χ1) is 18.4. The van der Waals surface area contributed by atoms with Gasteiger partial charge < -0.3 is 10.6 Å². The van der Waals surface area contributed by atoms with Crippen molar-refractivity contribution in [3.8, 4) is 0 Å². The van der Waals surface area contributed by atoms with Gasteiger partial charge in [-0.05, 0) is 24.3 Å². The molecule has 2 aliphatic heterocycles. The molecule has 0 saturated carbocycles. The van der Waals surface area contributed by atoms with E-state index in [1.54, 1.807) is 69.8 Å². The van der Waals surface area contributed by atoms with Crippen molar-refractivity contribution >= 4 is 41.6 Å². The molecule has 200 valence electrons. The van der Waals surface area contributed by atoms with Gasteiger partial charge in [0.15, 0.2) is 0 Å². The fourth-order valence-electron chi connectivity index (χ4n) is 4.68. The van der Waals surface area contributed by atoms with Crippen LogP contribution in [-0.2, 0) is 20.0 Å². The van der Waals surface area contributed by atoms with Crippen molar-refractivity contribution in [2.24, 2.45) is 0 Å². The highest BCUT2D eigenvalue weighted by Crippen LogP contribution is 2.26. The summed E-state index contributed by atoms with van der Waals surface area (Å²) in [4.78, 5) is 8.80. The molecule has 0 amide bonds. The van der Waals surface area contributed by atoms with E-state index in [0.717, 1.165) is 21.5 Å². The SMILES string of the molecule is O=S(=O)(c1cccc2cnccc12)N1CCNCC1.O=S(=O)(c1cccc2cnccc12)N1CCNCC1. The van der Waals surface area contributed by atoms with Crippen LogP contribution in [0.3, 0.4) is 0 Å². The maximum Gasteiger partial charge on any atom is 0.243 e. The molecule has 0 spiro atoms. The first-order valence-electron chi connectivity index (χ1n) is 12.5. The number of rotatable bonds is 4. The smallest absolute Gasteiger partial charge is 0.243 e. The number of benzene rings is 2. The fourth-order valence-corrected chi connectivity index (χ4v) is 7.99. The van der Waals surface area contributed by atoms with E-state index in [-0.39, 0.29) is 0 Å². The van der Waals surface area contributed by atoms with E-state index in [2.05, 4.69) is 20.6 Å². The number of hydrogen-bond acceptors (Lipinski definition) is 8. The van der Waals surface area contributed by atoms with Crippen LogP contribution in [-0.4, -0.2) is 87.8 Å². The summed E-state index contributed by atoms with van der Waals surface area (Å²) in [6.07, 6.45) is 6.62. The van der Waals surface area contributed by atoms with Gasteiger partial charge in [0.1, 0.15) is 0 Å².